The van der Waals surface area contributed by atoms with Gasteiger partial charge in [0, 0.05) is 39.7 Å². The Balaban J connectivity index is 1.32. The average molecular weight is 385 g/mol. The molecule has 1 aromatic heterocycles. The maximum Gasteiger partial charge on any atom is 0.191 e. The highest BCUT2D eigenvalue weighted by atomic mass is 16.5. The highest BCUT2D eigenvalue weighted by molar-refractivity contribution is 5.79. The van der Waals surface area contributed by atoms with Crippen molar-refractivity contribution in [3.8, 4) is 0 Å². The summed E-state index contributed by atoms with van der Waals surface area (Å²) < 4.78 is 8.23. The molecule has 1 unspecified atom stereocenters. The SMILES string of the molecule is CCc1nncn1CCNC(=NC)NCCCOC1CCCc2ccccc21. The van der Waals surface area contributed by atoms with Crippen LogP contribution in [-0.2, 0) is 24.1 Å². The second-order valence-corrected chi connectivity index (χ2v) is 7.02. The summed E-state index contributed by atoms with van der Waals surface area (Å²) in [5.74, 6) is 1.82. The fourth-order valence-electron chi connectivity index (χ4n) is 3.64. The first-order valence-corrected chi connectivity index (χ1v) is 10.3. The lowest BCUT2D eigenvalue weighted by Crippen LogP contribution is -2.39. The van der Waals surface area contributed by atoms with Gasteiger partial charge in [-0.05, 0) is 36.8 Å². The fourth-order valence-corrected chi connectivity index (χ4v) is 3.64. The number of ether oxygens (including phenoxy) is 1. The molecule has 1 aromatic carbocycles. The zero-order valence-electron chi connectivity index (χ0n) is 17.0. The molecule has 1 aliphatic rings. The Bertz CT molecular complexity index is 757. The first-order valence-electron chi connectivity index (χ1n) is 10.3. The lowest BCUT2D eigenvalue weighted by Gasteiger charge is -2.25. The van der Waals surface area contributed by atoms with Crippen LogP contribution < -0.4 is 10.6 Å². The van der Waals surface area contributed by atoms with Gasteiger partial charge in [-0.2, -0.15) is 0 Å². The molecule has 7 nitrogen and oxygen atoms in total. The van der Waals surface area contributed by atoms with Crippen LogP contribution in [0.5, 0.6) is 0 Å². The van der Waals surface area contributed by atoms with Crippen molar-refractivity contribution in [3.63, 3.8) is 0 Å². The van der Waals surface area contributed by atoms with Crippen LogP contribution in [0.1, 0.15) is 49.2 Å². The zero-order valence-corrected chi connectivity index (χ0v) is 17.0. The second kappa shape index (κ2) is 10.8. The number of nitrogens with zero attached hydrogens (tertiary/aromatic N) is 4. The molecule has 0 spiro atoms. The highest BCUT2D eigenvalue weighted by Crippen LogP contribution is 2.32. The molecule has 7 heteroatoms. The van der Waals surface area contributed by atoms with E-state index in [0.717, 1.165) is 57.3 Å². The van der Waals surface area contributed by atoms with Crippen molar-refractivity contribution < 1.29 is 4.74 Å². The molecule has 0 saturated heterocycles. The molecular formula is C21H32N6O. The van der Waals surface area contributed by atoms with E-state index in [9.17, 15) is 0 Å². The molecule has 1 aliphatic carbocycles. The van der Waals surface area contributed by atoms with Crippen LogP contribution in [0.15, 0.2) is 35.6 Å². The molecule has 1 heterocycles. The van der Waals surface area contributed by atoms with Crippen molar-refractivity contribution in [2.75, 3.05) is 26.7 Å². The van der Waals surface area contributed by atoms with Crippen molar-refractivity contribution >= 4 is 5.96 Å². The number of guanidine groups is 1. The standard InChI is InChI=1S/C21H32N6O/c1-3-20-26-25-16-27(20)14-13-24-21(22-2)23-12-7-15-28-19-11-6-9-17-8-4-5-10-18(17)19/h4-5,8,10,16,19H,3,6-7,9,11-15H2,1-2H3,(H2,22,23,24). The van der Waals surface area contributed by atoms with Gasteiger partial charge < -0.3 is 19.9 Å². The number of aliphatic imine (C=N–C) groups is 1. The summed E-state index contributed by atoms with van der Waals surface area (Å²) in [5.41, 5.74) is 2.82. The Labute approximate surface area is 167 Å². The van der Waals surface area contributed by atoms with E-state index >= 15 is 0 Å². The van der Waals surface area contributed by atoms with Gasteiger partial charge in [-0.25, -0.2) is 0 Å². The lowest BCUT2D eigenvalue weighted by atomic mass is 9.89. The molecule has 28 heavy (non-hydrogen) atoms. The molecule has 2 aromatic rings. The van der Waals surface area contributed by atoms with Gasteiger partial charge in [0.2, 0.25) is 0 Å². The van der Waals surface area contributed by atoms with Crippen LogP contribution in [0.25, 0.3) is 0 Å². The van der Waals surface area contributed by atoms with Gasteiger partial charge in [0.05, 0.1) is 6.10 Å². The number of aromatic nitrogens is 3. The fraction of sp³-hybridized carbons (Fsp3) is 0.571. The number of nitrogens with one attached hydrogen (secondary N) is 2. The summed E-state index contributed by atoms with van der Waals surface area (Å²) in [6, 6.07) is 8.67. The number of aryl methyl sites for hydroxylation is 2. The van der Waals surface area contributed by atoms with Gasteiger partial charge in [0.25, 0.3) is 0 Å². The van der Waals surface area contributed by atoms with E-state index in [4.69, 9.17) is 4.74 Å². The number of hydrogen-bond donors (Lipinski definition) is 2. The van der Waals surface area contributed by atoms with E-state index in [0.29, 0.717) is 0 Å². The van der Waals surface area contributed by atoms with E-state index in [1.807, 2.05) is 0 Å². The number of fused-ring (bicyclic) bond motifs is 1. The Kier molecular flexibility index (Phi) is 7.84. The minimum atomic E-state index is 0.249. The van der Waals surface area contributed by atoms with Crippen LogP contribution >= 0.6 is 0 Å². The summed E-state index contributed by atoms with van der Waals surface area (Å²) >= 11 is 0. The average Bonchev–Trinajstić information content (AvgIpc) is 3.19. The molecule has 0 bridgehead atoms. The van der Waals surface area contributed by atoms with E-state index in [2.05, 4.69) is 61.6 Å². The van der Waals surface area contributed by atoms with E-state index in [-0.39, 0.29) is 6.10 Å². The Hall–Kier alpha value is -2.41. The molecule has 2 N–H and O–H groups in total. The molecule has 152 valence electrons. The largest absolute Gasteiger partial charge is 0.373 e. The van der Waals surface area contributed by atoms with Crippen molar-refractivity contribution in [2.24, 2.45) is 4.99 Å². The van der Waals surface area contributed by atoms with Crippen LogP contribution in [0.4, 0.5) is 0 Å². The molecule has 0 saturated carbocycles. The molecule has 0 fully saturated rings. The maximum absolute atomic E-state index is 6.16. The summed E-state index contributed by atoms with van der Waals surface area (Å²) in [4.78, 5) is 4.28. The molecule has 0 radical (unpaired) electrons. The minimum absolute atomic E-state index is 0.249. The van der Waals surface area contributed by atoms with Crippen LogP contribution in [-0.4, -0.2) is 47.5 Å². The minimum Gasteiger partial charge on any atom is -0.373 e. The van der Waals surface area contributed by atoms with E-state index in [1.165, 1.54) is 24.0 Å². The van der Waals surface area contributed by atoms with Crippen LogP contribution in [0.3, 0.4) is 0 Å². The molecule has 1 atom stereocenters. The highest BCUT2D eigenvalue weighted by Gasteiger charge is 2.19. The Morgan fingerprint density at radius 1 is 1.29 bits per heavy atom. The lowest BCUT2D eigenvalue weighted by molar-refractivity contribution is 0.0398. The predicted molar refractivity (Wildman–Crippen MR) is 111 cm³/mol. The van der Waals surface area contributed by atoms with Gasteiger partial charge >= 0.3 is 0 Å². The molecule has 3 rings (SSSR count). The topological polar surface area (TPSA) is 76.4 Å². The first-order chi connectivity index (χ1) is 13.8. The van der Waals surface area contributed by atoms with E-state index < -0.39 is 0 Å². The number of hydrogen-bond acceptors (Lipinski definition) is 4. The van der Waals surface area contributed by atoms with Crippen LogP contribution in [0, 0.1) is 0 Å². The molecular weight excluding hydrogens is 352 g/mol. The van der Waals surface area contributed by atoms with Gasteiger partial charge in [0.1, 0.15) is 12.2 Å². The summed E-state index contributed by atoms with van der Waals surface area (Å²) in [6.07, 6.45) is 7.37. The van der Waals surface area contributed by atoms with Crippen molar-refractivity contribution in [1.29, 1.82) is 0 Å². The Morgan fingerprint density at radius 3 is 3.00 bits per heavy atom. The molecule has 0 aliphatic heterocycles. The first kappa shape index (κ1) is 20.3. The number of benzene rings is 1. The third-order valence-electron chi connectivity index (χ3n) is 5.13. The smallest absolute Gasteiger partial charge is 0.191 e. The van der Waals surface area contributed by atoms with Crippen molar-refractivity contribution in [3.05, 3.63) is 47.5 Å². The number of rotatable bonds is 9. The molecule has 0 amide bonds. The predicted octanol–water partition coefficient (Wildman–Crippen LogP) is 2.49. The third kappa shape index (κ3) is 5.55. The summed E-state index contributed by atoms with van der Waals surface area (Å²) in [6.45, 7) is 5.27. The third-order valence-corrected chi connectivity index (χ3v) is 5.13. The van der Waals surface area contributed by atoms with E-state index in [1.54, 1.807) is 13.4 Å². The van der Waals surface area contributed by atoms with Gasteiger partial charge in [-0.3, -0.25) is 4.99 Å². The second-order valence-electron chi connectivity index (χ2n) is 7.02. The van der Waals surface area contributed by atoms with Crippen LogP contribution in [0.2, 0.25) is 0 Å². The van der Waals surface area contributed by atoms with Crippen molar-refractivity contribution in [2.45, 2.75) is 51.7 Å². The summed E-state index contributed by atoms with van der Waals surface area (Å²) in [7, 11) is 1.79. The van der Waals surface area contributed by atoms with Gasteiger partial charge in [-0.15, -0.1) is 10.2 Å². The summed E-state index contributed by atoms with van der Waals surface area (Å²) in [5, 5.41) is 14.7. The normalized spacial score (nSPS) is 16.6. The monoisotopic (exact) mass is 384 g/mol. The van der Waals surface area contributed by atoms with Gasteiger partial charge in [-0.1, -0.05) is 31.2 Å². The van der Waals surface area contributed by atoms with Gasteiger partial charge in [0.15, 0.2) is 5.96 Å². The quantitative estimate of drug-likeness (QED) is 0.395. The maximum atomic E-state index is 6.16. The van der Waals surface area contributed by atoms with Crippen molar-refractivity contribution in [1.82, 2.24) is 25.4 Å². The zero-order chi connectivity index (χ0) is 19.6. The Morgan fingerprint density at radius 2 is 2.14 bits per heavy atom.